The van der Waals surface area contributed by atoms with E-state index in [9.17, 15) is 4.79 Å². The molecule has 25 heavy (non-hydrogen) atoms. The van der Waals surface area contributed by atoms with Crippen molar-refractivity contribution in [3.05, 3.63) is 34.9 Å². The second-order valence-electron chi connectivity index (χ2n) is 6.92. The molecule has 0 fully saturated rings. The van der Waals surface area contributed by atoms with Crippen LogP contribution in [0.2, 0.25) is 5.02 Å². The van der Waals surface area contributed by atoms with E-state index in [1.54, 1.807) is 7.05 Å². The summed E-state index contributed by atoms with van der Waals surface area (Å²) in [6.07, 6.45) is 2.30. The van der Waals surface area contributed by atoms with Gasteiger partial charge in [0.1, 0.15) is 0 Å². The van der Waals surface area contributed by atoms with Crippen molar-refractivity contribution in [2.45, 2.75) is 40.0 Å². The first-order valence-corrected chi connectivity index (χ1v) is 9.20. The quantitative estimate of drug-likeness (QED) is 0.465. The van der Waals surface area contributed by atoms with Crippen LogP contribution in [0.4, 0.5) is 0 Å². The van der Waals surface area contributed by atoms with E-state index in [0.29, 0.717) is 18.9 Å². The summed E-state index contributed by atoms with van der Waals surface area (Å²) in [6.45, 7) is 8.49. The van der Waals surface area contributed by atoms with Crippen LogP contribution in [-0.2, 0) is 11.2 Å². The number of hydrogen-bond donors (Lipinski definition) is 3. The molecule has 1 aromatic carbocycles. The summed E-state index contributed by atoms with van der Waals surface area (Å²) in [5.41, 5.74) is 1.26. The molecular formula is C19H31ClN4O. The largest absolute Gasteiger partial charge is 0.356 e. The topological polar surface area (TPSA) is 65.5 Å². The Bertz CT molecular complexity index is 572. The predicted molar refractivity (Wildman–Crippen MR) is 106 cm³/mol. The van der Waals surface area contributed by atoms with E-state index >= 15 is 0 Å². The Morgan fingerprint density at radius 3 is 2.60 bits per heavy atom. The van der Waals surface area contributed by atoms with Crippen LogP contribution in [-0.4, -0.2) is 38.5 Å². The average Bonchev–Trinajstić information content (AvgIpc) is 2.55. The van der Waals surface area contributed by atoms with Crippen LogP contribution in [0.25, 0.3) is 0 Å². The number of nitrogens with one attached hydrogen (secondary N) is 3. The molecule has 0 spiro atoms. The molecule has 0 heterocycles. The van der Waals surface area contributed by atoms with E-state index in [-0.39, 0.29) is 11.3 Å². The van der Waals surface area contributed by atoms with Gasteiger partial charge in [-0.3, -0.25) is 9.79 Å². The Morgan fingerprint density at radius 2 is 1.96 bits per heavy atom. The first kappa shape index (κ1) is 21.3. The van der Waals surface area contributed by atoms with E-state index in [4.69, 9.17) is 11.6 Å². The van der Waals surface area contributed by atoms with Crippen molar-refractivity contribution < 1.29 is 4.79 Å². The fraction of sp³-hybridized carbons (Fsp3) is 0.579. The van der Waals surface area contributed by atoms with E-state index in [2.05, 4.69) is 40.9 Å². The number of hydrogen-bond acceptors (Lipinski definition) is 2. The normalized spacial score (nSPS) is 12.0. The van der Waals surface area contributed by atoms with Crippen LogP contribution in [0.15, 0.2) is 29.3 Å². The number of nitrogens with zero attached hydrogens (tertiary/aromatic N) is 1. The minimum absolute atomic E-state index is 0.0425. The van der Waals surface area contributed by atoms with Gasteiger partial charge in [-0.15, -0.1) is 0 Å². The maximum Gasteiger partial charge on any atom is 0.221 e. The fourth-order valence-corrected chi connectivity index (χ4v) is 2.67. The van der Waals surface area contributed by atoms with Gasteiger partial charge in [-0.25, -0.2) is 0 Å². The van der Waals surface area contributed by atoms with Gasteiger partial charge in [0, 0.05) is 38.1 Å². The molecule has 0 atom stereocenters. The van der Waals surface area contributed by atoms with Gasteiger partial charge in [-0.05, 0) is 36.0 Å². The molecule has 0 saturated carbocycles. The third kappa shape index (κ3) is 9.34. The van der Waals surface area contributed by atoms with Crippen LogP contribution in [0, 0.1) is 5.41 Å². The Morgan fingerprint density at radius 1 is 1.20 bits per heavy atom. The minimum atomic E-state index is 0.0425. The standard InChI is InChI=1S/C19H31ClN4O/c1-5-10-22-17(25)9-11-23-18(21-4)24-14-19(2,3)13-15-7-6-8-16(20)12-15/h6-8,12H,5,9-11,13-14H2,1-4H3,(H,22,25)(H2,21,23,24). The maximum atomic E-state index is 11.6. The molecule has 0 aromatic heterocycles. The highest BCUT2D eigenvalue weighted by atomic mass is 35.5. The molecule has 1 amide bonds. The molecule has 140 valence electrons. The van der Waals surface area contributed by atoms with Gasteiger partial charge < -0.3 is 16.0 Å². The van der Waals surface area contributed by atoms with Crippen molar-refractivity contribution in [2.75, 3.05) is 26.7 Å². The molecule has 0 aliphatic heterocycles. The minimum Gasteiger partial charge on any atom is -0.356 e. The Hall–Kier alpha value is -1.75. The van der Waals surface area contributed by atoms with Gasteiger partial charge in [-0.2, -0.15) is 0 Å². The predicted octanol–water partition coefficient (Wildman–Crippen LogP) is 2.99. The van der Waals surface area contributed by atoms with Gasteiger partial charge in [0.15, 0.2) is 5.96 Å². The van der Waals surface area contributed by atoms with Gasteiger partial charge in [-0.1, -0.05) is 44.5 Å². The SMILES string of the molecule is CCCNC(=O)CCNC(=NC)NCC(C)(C)Cc1cccc(Cl)c1. The second-order valence-corrected chi connectivity index (χ2v) is 7.36. The average molecular weight is 367 g/mol. The van der Waals surface area contributed by atoms with Gasteiger partial charge in [0.05, 0.1) is 0 Å². The first-order chi connectivity index (χ1) is 11.9. The van der Waals surface area contributed by atoms with E-state index < -0.39 is 0 Å². The summed E-state index contributed by atoms with van der Waals surface area (Å²) in [4.78, 5) is 15.8. The lowest BCUT2D eigenvalue weighted by atomic mass is 9.86. The lowest BCUT2D eigenvalue weighted by Gasteiger charge is -2.26. The van der Waals surface area contributed by atoms with Gasteiger partial charge >= 0.3 is 0 Å². The summed E-state index contributed by atoms with van der Waals surface area (Å²) in [6, 6.07) is 7.96. The molecule has 0 unspecified atom stereocenters. The van der Waals surface area contributed by atoms with E-state index in [1.807, 2.05) is 25.1 Å². The summed E-state index contributed by atoms with van der Waals surface area (Å²) in [5, 5.41) is 10.1. The van der Waals surface area contributed by atoms with Crippen LogP contribution < -0.4 is 16.0 Å². The highest BCUT2D eigenvalue weighted by Gasteiger charge is 2.19. The second kappa shape index (κ2) is 11.0. The molecule has 6 heteroatoms. The van der Waals surface area contributed by atoms with Crippen molar-refractivity contribution in [3.8, 4) is 0 Å². The summed E-state index contributed by atoms with van der Waals surface area (Å²) < 4.78 is 0. The Kier molecular flexibility index (Phi) is 9.35. The van der Waals surface area contributed by atoms with E-state index in [1.165, 1.54) is 5.56 Å². The van der Waals surface area contributed by atoms with Crippen molar-refractivity contribution in [3.63, 3.8) is 0 Å². The van der Waals surface area contributed by atoms with Gasteiger partial charge in [0.25, 0.3) is 0 Å². The highest BCUT2D eigenvalue weighted by molar-refractivity contribution is 6.30. The third-order valence-corrected chi connectivity index (χ3v) is 3.98. The van der Waals surface area contributed by atoms with Gasteiger partial charge in [0.2, 0.25) is 5.91 Å². The zero-order valence-corrected chi connectivity index (χ0v) is 16.5. The molecule has 0 bridgehead atoms. The van der Waals surface area contributed by atoms with Crippen LogP contribution in [0.1, 0.15) is 39.2 Å². The number of aliphatic imine (C=N–C) groups is 1. The first-order valence-electron chi connectivity index (χ1n) is 8.82. The zero-order chi connectivity index (χ0) is 18.7. The van der Waals surface area contributed by atoms with Crippen LogP contribution in [0.3, 0.4) is 0 Å². The molecule has 1 rings (SSSR count). The number of carbonyl (C=O) groups is 1. The molecule has 0 saturated heterocycles. The number of guanidine groups is 1. The zero-order valence-electron chi connectivity index (χ0n) is 15.8. The monoisotopic (exact) mass is 366 g/mol. The van der Waals surface area contributed by atoms with Crippen molar-refractivity contribution in [1.29, 1.82) is 0 Å². The summed E-state index contributed by atoms with van der Waals surface area (Å²) in [7, 11) is 1.73. The fourth-order valence-electron chi connectivity index (χ4n) is 2.45. The maximum absolute atomic E-state index is 11.6. The number of benzene rings is 1. The van der Waals surface area contributed by atoms with Crippen molar-refractivity contribution in [2.24, 2.45) is 10.4 Å². The molecule has 0 radical (unpaired) electrons. The number of amides is 1. The summed E-state index contributed by atoms with van der Waals surface area (Å²) >= 11 is 6.06. The molecular weight excluding hydrogens is 336 g/mol. The molecule has 0 aliphatic rings. The lowest BCUT2D eigenvalue weighted by molar-refractivity contribution is -0.120. The van der Waals surface area contributed by atoms with Crippen molar-refractivity contribution in [1.82, 2.24) is 16.0 Å². The van der Waals surface area contributed by atoms with Crippen molar-refractivity contribution >= 4 is 23.5 Å². The third-order valence-electron chi connectivity index (χ3n) is 3.75. The molecule has 3 N–H and O–H groups in total. The highest BCUT2D eigenvalue weighted by Crippen LogP contribution is 2.22. The van der Waals surface area contributed by atoms with Crippen LogP contribution in [0.5, 0.6) is 0 Å². The smallest absolute Gasteiger partial charge is 0.221 e. The molecule has 0 aliphatic carbocycles. The number of carbonyl (C=O) groups excluding carboxylic acids is 1. The van der Waals surface area contributed by atoms with Crippen LogP contribution >= 0.6 is 11.6 Å². The molecule has 5 nitrogen and oxygen atoms in total. The lowest BCUT2D eigenvalue weighted by Crippen LogP contribution is -2.43. The van der Waals surface area contributed by atoms with E-state index in [0.717, 1.165) is 31.0 Å². The summed E-state index contributed by atoms with van der Waals surface area (Å²) in [5.74, 6) is 0.772. The Balaban J connectivity index is 2.38. The molecule has 1 aromatic rings. The Labute approximate surface area is 156 Å². The number of halogens is 1. The number of rotatable bonds is 9.